The summed E-state index contributed by atoms with van der Waals surface area (Å²) < 4.78 is 7.80. The van der Waals surface area contributed by atoms with Crippen LogP contribution in [0.1, 0.15) is 68.4 Å². The average molecular weight is 398 g/mol. The number of quaternary nitrogens is 1. The van der Waals surface area contributed by atoms with E-state index in [0.29, 0.717) is 6.04 Å². The molecule has 3 aliphatic rings. The number of nitrogens with one attached hydrogen (secondary N) is 1. The highest BCUT2D eigenvalue weighted by Crippen LogP contribution is 2.30. The first-order chi connectivity index (χ1) is 14.4. The Bertz CT molecular complexity index is 773. The molecule has 1 aromatic heterocycles. The predicted molar refractivity (Wildman–Crippen MR) is 111 cm³/mol. The minimum Gasteiger partial charge on any atom is -0.372 e. The van der Waals surface area contributed by atoms with Crippen LogP contribution in [0.25, 0.3) is 0 Å². The highest BCUT2D eigenvalue weighted by atomic mass is 16.5. The average Bonchev–Trinajstić information content (AvgIpc) is 3.49. The van der Waals surface area contributed by atoms with Crippen LogP contribution < -0.4 is 9.80 Å². The van der Waals surface area contributed by atoms with Gasteiger partial charge in [-0.2, -0.15) is 0 Å². The molecule has 0 spiro atoms. The van der Waals surface area contributed by atoms with Crippen LogP contribution in [0.4, 0.5) is 5.69 Å². The summed E-state index contributed by atoms with van der Waals surface area (Å²) in [6.45, 7) is 5.96. The van der Waals surface area contributed by atoms with E-state index in [1.54, 1.807) is 0 Å². The molecule has 1 atom stereocenters. The largest absolute Gasteiger partial charge is 0.372 e. The number of anilines is 1. The maximum Gasteiger partial charge on any atom is 0.214 e. The van der Waals surface area contributed by atoms with Crippen LogP contribution >= 0.6 is 0 Å². The fourth-order valence-corrected chi connectivity index (χ4v) is 5.32. The summed E-state index contributed by atoms with van der Waals surface area (Å²) in [5.41, 5.74) is 2.66. The van der Waals surface area contributed by atoms with Gasteiger partial charge in [0.15, 0.2) is 6.04 Å². The molecule has 7 nitrogen and oxygen atoms in total. The Morgan fingerprint density at radius 1 is 0.931 bits per heavy atom. The second kappa shape index (κ2) is 8.79. The topological polar surface area (TPSA) is 60.5 Å². The smallest absolute Gasteiger partial charge is 0.214 e. The zero-order chi connectivity index (χ0) is 19.5. The highest BCUT2D eigenvalue weighted by Gasteiger charge is 2.35. The van der Waals surface area contributed by atoms with Gasteiger partial charge in [0.25, 0.3) is 0 Å². The van der Waals surface area contributed by atoms with Gasteiger partial charge in [-0.3, -0.25) is 0 Å². The molecule has 3 fully saturated rings. The van der Waals surface area contributed by atoms with Crippen molar-refractivity contribution in [1.29, 1.82) is 0 Å². The number of nitrogens with zero attached hydrogens (tertiary/aromatic N) is 5. The number of aromatic nitrogens is 4. The first kappa shape index (κ1) is 19.0. The third-order valence-electron chi connectivity index (χ3n) is 6.94. The zero-order valence-corrected chi connectivity index (χ0v) is 17.3. The fraction of sp³-hybridized carbons (Fsp3) is 0.682. The monoisotopic (exact) mass is 397 g/mol. The Kier molecular flexibility index (Phi) is 5.76. The van der Waals surface area contributed by atoms with E-state index >= 15 is 0 Å². The van der Waals surface area contributed by atoms with Crippen molar-refractivity contribution >= 4 is 5.69 Å². The summed E-state index contributed by atoms with van der Waals surface area (Å²) in [5, 5.41) is 13.2. The molecule has 7 heteroatoms. The van der Waals surface area contributed by atoms with Crippen molar-refractivity contribution < 1.29 is 9.64 Å². The summed E-state index contributed by atoms with van der Waals surface area (Å²) >= 11 is 0. The number of benzene rings is 1. The maximum absolute atomic E-state index is 5.65. The molecule has 0 radical (unpaired) electrons. The van der Waals surface area contributed by atoms with Crippen LogP contribution in [0.2, 0.25) is 0 Å². The molecule has 0 bridgehead atoms. The lowest BCUT2D eigenvalue weighted by molar-refractivity contribution is -0.933. The fourth-order valence-electron chi connectivity index (χ4n) is 5.32. The molecule has 1 N–H and O–H groups in total. The summed E-state index contributed by atoms with van der Waals surface area (Å²) in [7, 11) is 0. The Balaban J connectivity index is 1.46. The molecule has 3 heterocycles. The Labute approximate surface area is 173 Å². The van der Waals surface area contributed by atoms with Crippen molar-refractivity contribution in [2.45, 2.75) is 57.0 Å². The Morgan fingerprint density at radius 3 is 2.38 bits per heavy atom. The number of hydrogen-bond acceptors (Lipinski definition) is 5. The molecule has 0 amide bonds. The molecule has 1 aromatic carbocycles. The number of rotatable bonds is 5. The molecule has 2 saturated heterocycles. The van der Waals surface area contributed by atoms with Crippen molar-refractivity contribution in [3.05, 3.63) is 35.7 Å². The third-order valence-corrected chi connectivity index (χ3v) is 6.94. The molecule has 1 aliphatic carbocycles. The van der Waals surface area contributed by atoms with Crippen LogP contribution in [0, 0.1) is 0 Å². The molecular weight excluding hydrogens is 364 g/mol. The Hall–Kier alpha value is -1.99. The minimum atomic E-state index is 0.170. The van der Waals surface area contributed by atoms with Crippen LogP contribution in [0.3, 0.4) is 0 Å². The highest BCUT2D eigenvalue weighted by molar-refractivity contribution is 5.49. The van der Waals surface area contributed by atoms with E-state index in [-0.39, 0.29) is 6.04 Å². The van der Waals surface area contributed by atoms with Crippen molar-refractivity contribution in [3.63, 3.8) is 0 Å². The lowest BCUT2D eigenvalue weighted by atomic mass is 9.95. The van der Waals surface area contributed by atoms with E-state index in [1.165, 1.54) is 74.2 Å². The number of morpholine rings is 1. The molecule has 0 unspecified atom stereocenters. The van der Waals surface area contributed by atoms with Crippen molar-refractivity contribution in [3.8, 4) is 0 Å². The first-order valence-corrected chi connectivity index (χ1v) is 11.4. The summed E-state index contributed by atoms with van der Waals surface area (Å²) in [6.07, 6.45) is 8.89. The summed E-state index contributed by atoms with van der Waals surface area (Å²) in [5.74, 6) is 1.03. The van der Waals surface area contributed by atoms with E-state index in [1.807, 2.05) is 0 Å². The molecule has 2 aromatic rings. The van der Waals surface area contributed by atoms with Gasteiger partial charge in [-0.25, -0.2) is 4.68 Å². The number of hydrogen-bond donors (Lipinski definition) is 1. The van der Waals surface area contributed by atoms with Gasteiger partial charge < -0.3 is 14.5 Å². The lowest BCUT2D eigenvalue weighted by Gasteiger charge is -2.32. The van der Waals surface area contributed by atoms with Gasteiger partial charge in [-0.15, -0.1) is 5.10 Å². The van der Waals surface area contributed by atoms with Crippen molar-refractivity contribution in [2.24, 2.45) is 0 Å². The molecule has 29 heavy (non-hydrogen) atoms. The van der Waals surface area contributed by atoms with E-state index < -0.39 is 0 Å². The van der Waals surface area contributed by atoms with Crippen LogP contribution in [0.5, 0.6) is 0 Å². The quantitative estimate of drug-likeness (QED) is 0.833. The molecule has 5 rings (SSSR count). The van der Waals surface area contributed by atoms with Gasteiger partial charge in [-0.1, -0.05) is 31.4 Å². The van der Waals surface area contributed by atoms with E-state index in [9.17, 15) is 0 Å². The van der Waals surface area contributed by atoms with Gasteiger partial charge in [0, 0.05) is 24.3 Å². The first-order valence-electron chi connectivity index (χ1n) is 11.4. The maximum atomic E-state index is 5.65. The van der Waals surface area contributed by atoms with E-state index in [0.717, 1.165) is 32.1 Å². The van der Waals surface area contributed by atoms with Crippen LogP contribution in [-0.4, -0.2) is 59.6 Å². The second-order valence-electron chi connectivity index (χ2n) is 8.76. The van der Waals surface area contributed by atoms with Gasteiger partial charge in [0.1, 0.15) is 13.1 Å². The summed E-state index contributed by atoms with van der Waals surface area (Å²) in [6, 6.07) is 9.82. The van der Waals surface area contributed by atoms with Crippen molar-refractivity contribution in [1.82, 2.24) is 20.2 Å². The van der Waals surface area contributed by atoms with Gasteiger partial charge in [0.2, 0.25) is 5.82 Å². The minimum absolute atomic E-state index is 0.170. The molecule has 156 valence electrons. The van der Waals surface area contributed by atoms with Gasteiger partial charge in [0.05, 0.1) is 19.3 Å². The van der Waals surface area contributed by atoms with Gasteiger partial charge in [-0.05, 0) is 48.2 Å². The molecular formula is C22H33N6O+. The third kappa shape index (κ3) is 4.03. The van der Waals surface area contributed by atoms with Gasteiger partial charge >= 0.3 is 0 Å². The SMILES string of the molecule is c1cc(N2CCCC2)ccc1[C@@H](c1nnnn1C1CCCCC1)[NH+]1CCOCC1. The van der Waals surface area contributed by atoms with E-state index in [2.05, 4.69) is 49.4 Å². The van der Waals surface area contributed by atoms with Crippen LogP contribution in [0.15, 0.2) is 24.3 Å². The summed E-state index contributed by atoms with van der Waals surface area (Å²) in [4.78, 5) is 4.00. The predicted octanol–water partition coefficient (Wildman–Crippen LogP) is 1.78. The zero-order valence-electron chi connectivity index (χ0n) is 17.3. The second-order valence-corrected chi connectivity index (χ2v) is 8.76. The van der Waals surface area contributed by atoms with Crippen LogP contribution in [-0.2, 0) is 4.74 Å². The molecule has 2 aliphatic heterocycles. The standard InChI is InChI=1S/C22H32N6O/c1-2-6-20(7-3-1)28-22(23-24-25-28)21(27-14-16-29-17-15-27)18-8-10-19(11-9-18)26-12-4-5-13-26/h8-11,20-21H,1-7,12-17H2/p+1/t21-/m0/s1. The normalized spacial score (nSPS) is 22.8. The number of ether oxygens (including phenoxy) is 1. The van der Waals surface area contributed by atoms with E-state index in [4.69, 9.17) is 4.74 Å². The Morgan fingerprint density at radius 2 is 1.66 bits per heavy atom. The van der Waals surface area contributed by atoms with Crippen molar-refractivity contribution in [2.75, 3.05) is 44.3 Å². The number of tetrazole rings is 1. The molecule has 1 saturated carbocycles. The lowest BCUT2D eigenvalue weighted by Crippen LogP contribution is -3.14.